The summed E-state index contributed by atoms with van der Waals surface area (Å²) in [7, 11) is 0. The van der Waals surface area contributed by atoms with Crippen molar-refractivity contribution in [3.8, 4) is 11.5 Å². The minimum absolute atomic E-state index is 0.0153. The average molecular weight is 540 g/mol. The molecule has 4 aromatic rings. The standard InChI is InChI=1S/C22H14Cl2F3N5O4/c1-10-5-12(23)3-4-16(10)36-15-8-13(7-14(9-15)32(34)35)29-21(33)19-18(24)20-28-11(2)6-17(22(25,26)27)31(20)30-19/h3-9H,1-2H3,(H,29,33). The van der Waals surface area contributed by atoms with Crippen molar-refractivity contribution in [2.24, 2.45) is 0 Å². The first-order valence-electron chi connectivity index (χ1n) is 10.0. The third-order valence-electron chi connectivity index (χ3n) is 4.89. The molecule has 9 nitrogen and oxygen atoms in total. The maximum absolute atomic E-state index is 13.5. The Morgan fingerprint density at radius 1 is 1.14 bits per heavy atom. The number of nitro benzene ring substituents is 1. The number of hydrogen-bond donors (Lipinski definition) is 1. The van der Waals surface area contributed by atoms with Crippen LogP contribution in [0.3, 0.4) is 0 Å². The van der Waals surface area contributed by atoms with Crippen molar-refractivity contribution in [2.75, 3.05) is 5.32 Å². The van der Waals surface area contributed by atoms with Crippen molar-refractivity contribution in [2.45, 2.75) is 20.0 Å². The summed E-state index contributed by atoms with van der Waals surface area (Å²) < 4.78 is 46.5. The minimum Gasteiger partial charge on any atom is -0.457 e. The number of anilines is 1. The van der Waals surface area contributed by atoms with Gasteiger partial charge < -0.3 is 10.1 Å². The van der Waals surface area contributed by atoms with Gasteiger partial charge in [0.15, 0.2) is 11.3 Å². The van der Waals surface area contributed by atoms with E-state index in [-0.39, 0.29) is 22.8 Å². The summed E-state index contributed by atoms with van der Waals surface area (Å²) in [4.78, 5) is 27.6. The highest BCUT2D eigenvalue weighted by atomic mass is 35.5. The van der Waals surface area contributed by atoms with Gasteiger partial charge >= 0.3 is 6.18 Å². The number of carbonyl (C=O) groups excluding carboxylic acids is 1. The molecule has 1 N–H and O–H groups in total. The first kappa shape index (κ1) is 25.2. The van der Waals surface area contributed by atoms with E-state index < -0.39 is 39.1 Å². The summed E-state index contributed by atoms with van der Waals surface area (Å²) in [5, 5.41) is 17.5. The molecule has 0 saturated carbocycles. The fourth-order valence-corrected chi connectivity index (χ4v) is 3.80. The second-order valence-corrected chi connectivity index (χ2v) is 8.43. The van der Waals surface area contributed by atoms with Crippen molar-refractivity contribution in [1.29, 1.82) is 0 Å². The lowest BCUT2D eigenvalue weighted by atomic mass is 10.2. The molecule has 0 spiro atoms. The van der Waals surface area contributed by atoms with Gasteiger partial charge in [-0.3, -0.25) is 14.9 Å². The number of halogens is 5. The van der Waals surface area contributed by atoms with E-state index in [1.54, 1.807) is 25.1 Å². The number of alkyl halides is 3. The van der Waals surface area contributed by atoms with Crippen LogP contribution in [-0.2, 0) is 6.18 Å². The fraction of sp³-hybridized carbons (Fsp3) is 0.136. The van der Waals surface area contributed by atoms with E-state index >= 15 is 0 Å². The van der Waals surface area contributed by atoms with E-state index in [1.165, 1.54) is 13.0 Å². The smallest absolute Gasteiger partial charge is 0.433 e. The molecule has 2 aromatic carbocycles. The second-order valence-electron chi connectivity index (χ2n) is 7.62. The zero-order valence-corrected chi connectivity index (χ0v) is 19.9. The van der Waals surface area contributed by atoms with Gasteiger partial charge in [-0.2, -0.15) is 18.3 Å². The van der Waals surface area contributed by atoms with Crippen LogP contribution in [0.5, 0.6) is 11.5 Å². The van der Waals surface area contributed by atoms with E-state index in [9.17, 15) is 28.1 Å². The lowest BCUT2D eigenvalue weighted by Gasteiger charge is -2.11. The van der Waals surface area contributed by atoms with Gasteiger partial charge in [0.1, 0.15) is 22.2 Å². The SMILES string of the molecule is Cc1cc(C(F)(F)F)n2nc(C(=O)Nc3cc(Oc4ccc(Cl)cc4C)cc([N+](=O)[O-])c3)c(Cl)c2n1. The van der Waals surface area contributed by atoms with Crippen molar-refractivity contribution in [1.82, 2.24) is 14.6 Å². The number of aryl methyl sites for hydroxylation is 2. The summed E-state index contributed by atoms with van der Waals surface area (Å²) in [5.41, 5.74) is -1.91. The zero-order chi connectivity index (χ0) is 26.4. The number of amides is 1. The van der Waals surface area contributed by atoms with Crippen LogP contribution in [0.4, 0.5) is 24.5 Å². The Kier molecular flexibility index (Phi) is 6.50. The number of nitrogens with zero attached hydrogens (tertiary/aromatic N) is 4. The Hall–Kier alpha value is -3.90. The molecule has 0 fully saturated rings. The van der Waals surface area contributed by atoms with Gasteiger partial charge in [0.2, 0.25) is 0 Å². The number of nitrogens with one attached hydrogen (secondary N) is 1. The number of carbonyl (C=O) groups is 1. The van der Waals surface area contributed by atoms with Crippen molar-refractivity contribution >= 4 is 46.1 Å². The number of aromatic nitrogens is 3. The van der Waals surface area contributed by atoms with Gasteiger partial charge in [0.25, 0.3) is 11.6 Å². The van der Waals surface area contributed by atoms with E-state index in [1.807, 2.05) is 0 Å². The summed E-state index contributed by atoms with van der Waals surface area (Å²) in [6.07, 6.45) is -4.79. The van der Waals surface area contributed by atoms with Crippen LogP contribution < -0.4 is 10.1 Å². The van der Waals surface area contributed by atoms with E-state index in [4.69, 9.17) is 27.9 Å². The third-order valence-corrected chi connectivity index (χ3v) is 5.47. The van der Waals surface area contributed by atoms with Gasteiger partial charge in [-0.05, 0) is 43.7 Å². The number of benzene rings is 2. The summed E-state index contributed by atoms with van der Waals surface area (Å²) in [5.74, 6) is -0.630. The average Bonchev–Trinajstić information content (AvgIpc) is 3.10. The summed E-state index contributed by atoms with van der Waals surface area (Å²) in [6, 6.07) is 9.02. The Morgan fingerprint density at radius 3 is 2.50 bits per heavy atom. The maximum Gasteiger partial charge on any atom is 0.433 e. The van der Waals surface area contributed by atoms with Crippen LogP contribution in [0.2, 0.25) is 10.0 Å². The van der Waals surface area contributed by atoms with Crippen molar-refractivity contribution in [3.63, 3.8) is 0 Å². The largest absolute Gasteiger partial charge is 0.457 e. The first-order chi connectivity index (χ1) is 16.8. The predicted octanol–water partition coefficient (Wildman–Crippen LogP) is 6.62. The lowest BCUT2D eigenvalue weighted by Crippen LogP contribution is -2.16. The Bertz CT molecular complexity index is 1540. The predicted molar refractivity (Wildman–Crippen MR) is 125 cm³/mol. The minimum atomic E-state index is -4.79. The number of rotatable bonds is 5. The Balaban J connectivity index is 1.71. The highest BCUT2D eigenvalue weighted by Crippen LogP contribution is 2.34. The summed E-state index contributed by atoms with van der Waals surface area (Å²) in [6.45, 7) is 3.06. The van der Waals surface area contributed by atoms with Gasteiger partial charge in [0.05, 0.1) is 16.7 Å². The number of nitro groups is 1. The second kappa shape index (κ2) is 9.28. The molecular weight excluding hydrogens is 526 g/mol. The molecule has 1 amide bonds. The van der Waals surface area contributed by atoms with Crippen LogP contribution in [0.1, 0.15) is 27.4 Å². The van der Waals surface area contributed by atoms with Gasteiger partial charge in [0, 0.05) is 22.8 Å². The van der Waals surface area contributed by atoms with Gasteiger partial charge in [-0.15, -0.1) is 0 Å². The number of ether oxygens (including phenoxy) is 1. The Morgan fingerprint density at radius 2 is 1.86 bits per heavy atom. The summed E-state index contributed by atoms with van der Waals surface area (Å²) >= 11 is 12.1. The quantitative estimate of drug-likeness (QED) is 0.225. The molecule has 2 heterocycles. The van der Waals surface area contributed by atoms with Gasteiger partial charge in [-0.1, -0.05) is 23.2 Å². The van der Waals surface area contributed by atoms with Crippen LogP contribution in [0.25, 0.3) is 5.65 Å². The highest BCUT2D eigenvalue weighted by molar-refractivity contribution is 6.37. The number of non-ortho nitro benzene ring substituents is 1. The molecule has 36 heavy (non-hydrogen) atoms. The topological polar surface area (TPSA) is 112 Å². The fourth-order valence-electron chi connectivity index (χ4n) is 3.32. The molecule has 14 heteroatoms. The normalized spacial score (nSPS) is 11.5. The molecule has 2 aromatic heterocycles. The third kappa shape index (κ3) is 5.04. The molecule has 0 aliphatic carbocycles. The molecule has 0 aliphatic heterocycles. The highest BCUT2D eigenvalue weighted by Gasteiger charge is 2.36. The number of hydrogen-bond acceptors (Lipinski definition) is 6. The van der Waals surface area contributed by atoms with Crippen LogP contribution in [0, 0.1) is 24.0 Å². The van der Waals surface area contributed by atoms with Crippen molar-refractivity contribution < 1.29 is 27.6 Å². The molecule has 0 unspecified atom stereocenters. The molecule has 4 rings (SSSR count). The van der Waals surface area contributed by atoms with E-state index in [0.29, 0.717) is 20.9 Å². The van der Waals surface area contributed by atoms with Crippen LogP contribution in [-0.4, -0.2) is 25.4 Å². The maximum atomic E-state index is 13.5. The van der Waals surface area contributed by atoms with E-state index in [2.05, 4.69) is 15.4 Å². The van der Waals surface area contributed by atoms with Crippen LogP contribution >= 0.6 is 23.2 Å². The molecule has 0 bridgehead atoms. The molecule has 186 valence electrons. The van der Waals surface area contributed by atoms with Crippen LogP contribution in [0.15, 0.2) is 42.5 Å². The lowest BCUT2D eigenvalue weighted by molar-refractivity contribution is -0.384. The van der Waals surface area contributed by atoms with Crippen molar-refractivity contribution in [3.05, 3.63) is 85.3 Å². The molecule has 0 aliphatic rings. The number of fused-ring (bicyclic) bond motifs is 1. The Labute approximate surface area is 210 Å². The van der Waals surface area contributed by atoms with Gasteiger partial charge in [-0.25, -0.2) is 9.50 Å². The first-order valence-corrected chi connectivity index (χ1v) is 10.8. The molecule has 0 atom stereocenters. The molecule has 0 saturated heterocycles. The zero-order valence-electron chi connectivity index (χ0n) is 18.4. The molecule has 0 radical (unpaired) electrons. The molecular formula is C22H14Cl2F3N5O4. The monoisotopic (exact) mass is 539 g/mol. The van der Waals surface area contributed by atoms with E-state index in [0.717, 1.165) is 18.2 Å².